The van der Waals surface area contributed by atoms with Crippen molar-refractivity contribution in [2.45, 2.75) is 119 Å². The number of hydrogen-bond acceptors (Lipinski definition) is 1. The second-order valence-electron chi connectivity index (χ2n) is 13.2. The molecule has 0 aliphatic heterocycles. The maximum absolute atomic E-state index is 10.6. The predicted octanol–water partition coefficient (Wildman–Crippen LogP) is 8.34. The molecule has 0 amide bonds. The topological polar surface area (TPSA) is 20.2 Å². The molecule has 2 saturated carbocycles. The van der Waals surface area contributed by atoms with Crippen molar-refractivity contribution in [1.82, 2.24) is 0 Å². The molecule has 1 N–H and O–H groups in total. The Morgan fingerprint density at radius 1 is 1.00 bits per heavy atom. The van der Waals surface area contributed by atoms with Gasteiger partial charge in [0.2, 0.25) is 0 Å². The van der Waals surface area contributed by atoms with Gasteiger partial charge < -0.3 is 5.11 Å². The fourth-order valence-corrected chi connectivity index (χ4v) is 9.21. The van der Waals surface area contributed by atoms with Gasteiger partial charge in [-0.3, -0.25) is 0 Å². The zero-order valence-electron chi connectivity index (χ0n) is 21.7. The first-order valence-corrected chi connectivity index (χ1v) is 13.5. The van der Waals surface area contributed by atoms with Crippen molar-refractivity contribution >= 4 is 0 Å². The van der Waals surface area contributed by atoms with Crippen molar-refractivity contribution in [2.75, 3.05) is 0 Å². The van der Waals surface area contributed by atoms with Gasteiger partial charge in [-0.2, -0.15) is 0 Å². The molecule has 0 aromatic carbocycles. The summed E-state index contributed by atoms with van der Waals surface area (Å²) < 4.78 is 0. The summed E-state index contributed by atoms with van der Waals surface area (Å²) in [5.74, 6) is 3.47. The van der Waals surface area contributed by atoms with Crippen LogP contribution in [0.2, 0.25) is 0 Å². The maximum Gasteiger partial charge on any atom is 0.0569 e. The molecule has 1 heteroatoms. The monoisotopic (exact) mass is 426 g/mol. The van der Waals surface area contributed by atoms with Gasteiger partial charge in [-0.05, 0) is 117 Å². The summed E-state index contributed by atoms with van der Waals surface area (Å²) in [5.41, 5.74) is 6.28. The molecule has 4 rings (SSSR count). The molecule has 0 saturated heterocycles. The van der Waals surface area contributed by atoms with Crippen LogP contribution in [0.5, 0.6) is 0 Å². The standard InChI is InChI=1S/C30H50O/c1-19(2)20(3)9-10-21(4)23-13-17-30(8)26-12-11-24-22(5)27(31)15-16-28(24,6)25(26)14-18-29(23,30)7/h20-24,27,31H,1,9-18H2,2-8H3/t20-,21-,22+,23-,24+,27+,28+,29-,30+/m1/s1. The van der Waals surface area contributed by atoms with Crippen molar-refractivity contribution in [3.63, 3.8) is 0 Å². The van der Waals surface area contributed by atoms with E-state index in [9.17, 15) is 5.11 Å². The Morgan fingerprint density at radius 3 is 2.39 bits per heavy atom. The molecule has 0 unspecified atom stereocenters. The third kappa shape index (κ3) is 3.43. The Kier molecular flexibility index (Phi) is 6.11. The first-order chi connectivity index (χ1) is 14.5. The van der Waals surface area contributed by atoms with Gasteiger partial charge in [-0.25, -0.2) is 0 Å². The fraction of sp³-hybridized carbons (Fsp3) is 0.867. The van der Waals surface area contributed by atoms with Crippen LogP contribution >= 0.6 is 0 Å². The third-order valence-electron chi connectivity index (χ3n) is 12.0. The highest BCUT2D eigenvalue weighted by Crippen LogP contribution is 2.71. The van der Waals surface area contributed by atoms with Crippen molar-refractivity contribution in [2.24, 2.45) is 45.8 Å². The van der Waals surface area contributed by atoms with Crippen LogP contribution in [0.1, 0.15) is 113 Å². The Bertz CT molecular complexity index is 748. The normalized spacial score (nSPS) is 46.7. The molecule has 9 atom stereocenters. The van der Waals surface area contributed by atoms with E-state index in [1.54, 1.807) is 0 Å². The zero-order valence-corrected chi connectivity index (χ0v) is 21.7. The molecular formula is C30H50O. The molecule has 0 aromatic rings. The summed E-state index contributed by atoms with van der Waals surface area (Å²) in [4.78, 5) is 0. The Morgan fingerprint density at radius 2 is 1.71 bits per heavy atom. The van der Waals surface area contributed by atoms with Gasteiger partial charge in [0, 0.05) is 0 Å². The van der Waals surface area contributed by atoms with Crippen LogP contribution in [0, 0.1) is 45.8 Å². The summed E-state index contributed by atoms with van der Waals surface area (Å²) in [6.07, 6.45) is 12.9. The lowest BCUT2D eigenvalue weighted by molar-refractivity contribution is -0.0413. The van der Waals surface area contributed by atoms with Crippen LogP contribution in [0.25, 0.3) is 0 Å². The lowest BCUT2D eigenvalue weighted by atomic mass is 9.45. The molecule has 0 spiro atoms. The third-order valence-corrected chi connectivity index (χ3v) is 12.0. The van der Waals surface area contributed by atoms with Gasteiger partial charge in [0.15, 0.2) is 0 Å². The number of aliphatic hydroxyl groups is 1. The Labute approximate surface area is 193 Å². The van der Waals surface area contributed by atoms with Crippen molar-refractivity contribution in [3.05, 3.63) is 23.3 Å². The highest BCUT2D eigenvalue weighted by Gasteiger charge is 2.62. The molecule has 1 nitrogen and oxygen atoms in total. The molecule has 176 valence electrons. The molecule has 31 heavy (non-hydrogen) atoms. The molecule has 0 radical (unpaired) electrons. The SMILES string of the molecule is C=C(C)[C@H](C)CC[C@@H](C)[C@H]1CC[C@@]2(C)C3=C(CC[C@]12C)[C@@]1(C)CC[C@H](O)[C@@H](C)[C@@H]1CC3. The highest BCUT2D eigenvalue weighted by molar-refractivity contribution is 5.38. The van der Waals surface area contributed by atoms with Crippen LogP contribution in [0.15, 0.2) is 23.3 Å². The van der Waals surface area contributed by atoms with Crippen LogP contribution in [-0.4, -0.2) is 11.2 Å². The van der Waals surface area contributed by atoms with Gasteiger partial charge in [0.25, 0.3) is 0 Å². The van der Waals surface area contributed by atoms with Gasteiger partial charge in [0.1, 0.15) is 0 Å². The second kappa shape index (κ2) is 8.03. The minimum Gasteiger partial charge on any atom is -0.393 e. The molecule has 0 aromatic heterocycles. The number of rotatable bonds is 5. The van der Waals surface area contributed by atoms with E-state index in [-0.39, 0.29) is 6.10 Å². The lowest BCUT2D eigenvalue weighted by Gasteiger charge is -2.60. The van der Waals surface area contributed by atoms with E-state index in [1.807, 2.05) is 11.1 Å². The Hall–Kier alpha value is -0.560. The van der Waals surface area contributed by atoms with E-state index in [2.05, 4.69) is 55.0 Å². The average Bonchev–Trinajstić information content (AvgIpc) is 3.00. The minimum atomic E-state index is -0.0806. The quantitative estimate of drug-likeness (QED) is 0.438. The molecule has 2 fully saturated rings. The van der Waals surface area contributed by atoms with Gasteiger partial charge in [0.05, 0.1) is 6.10 Å². The summed E-state index contributed by atoms with van der Waals surface area (Å²) >= 11 is 0. The summed E-state index contributed by atoms with van der Waals surface area (Å²) in [6.45, 7) is 21.5. The summed E-state index contributed by atoms with van der Waals surface area (Å²) in [5, 5.41) is 10.6. The number of aliphatic hydroxyl groups excluding tert-OH is 1. The average molecular weight is 427 g/mol. The van der Waals surface area contributed by atoms with Gasteiger partial charge in [-0.1, -0.05) is 64.8 Å². The van der Waals surface area contributed by atoms with Crippen LogP contribution in [-0.2, 0) is 0 Å². The van der Waals surface area contributed by atoms with E-state index in [4.69, 9.17) is 0 Å². The number of hydrogen-bond donors (Lipinski definition) is 1. The summed E-state index contributed by atoms with van der Waals surface area (Å²) in [7, 11) is 0. The van der Waals surface area contributed by atoms with Crippen molar-refractivity contribution in [1.29, 1.82) is 0 Å². The lowest BCUT2D eigenvalue weighted by Crippen LogP contribution is -2.51. The van der Waals surface area contributed by atoms with E-state index in [0.29, 0.717) is 34.0 Å². The highest BCUT2D eigenvalue weighted by atomic mass is 16.3. The minimum absolute atomic E-state index is 0.0806. The van der Waals surface area contributed by atoms with Crippen molar-refractivity contribution < 1.29 is 5.11 Å². The predicted molar refractivity (Wildman–Crippen MR) is 133 cm³/mol. The second-order valence-corrected chi connectivity index (χ2v) is 13.2. The maximum atomic E-state index is 10.6. The number of allylic oxidation sites excluding steroid dienone is 3. The fourth-order valence-electron chi connectivity index (χ4n) is 9.21. The zero-order chi connectivity index (χ0) is 22.8. The van der Waals surface area contributed by atoms with Crippen molar-refractivity contribution in [3.8, 4) is 0 Å². The molecular weight excluding hydrogens is 376 g/mol. The summed E-state index contributed by atoms with van der Waals surface area (Å²) in [6, 6.07) is 0. The first kappa shape index (κ1) is 23.6. The van der Waals surface area contributed by atoms with E-state index in [1.165, 1.54) is 63.4 Å². The van der Waals surface area contributed by atoms with Crippen LogP contribution in [0.3, 0.4) is 0 Å². The number of fused-ring (bicyclic) bond motifs is 4. The molecule has 0 bridgehead atoms. The van der Waals surface area contributed by atoms with E-state index >= 15 is 0 Å². The van der Waals surface area contributed by atoms with E-state index < -0.39 is 0 Å². The molecule has 0 heterocycles. The Balaban J connectivity index is 1.60. The molecule has 4 aliphatic carbocycles. The smallest absolute Gasteiger partial charge is 0.0569 e. The van der Waals surface area contributed by atoms with Crippen LogP contribution in [0.4, 0.5) is 0 Å². The van der Waals surface area contributed by atoms with Gasteiger partial charge in [-0.15, -0.1) is 0 Å². The molecule has 4 aliphatic rings. The van der Waals surface area contributed by atoms with Gasteiger partial charge >= 0.3 is 0 Å². The largest absolute Gasteiger partial charge is 0.393 e. The van der Waals surface area contributed by atoms with Crippen LogP contribution < -0.4 is 0 Å². The first-order valence-electron chi connectivity index (χ1n) is 13.5. The van der Waals surface area contributed by atoms with E-state index in [0.717, 1.165) is 18.3 Å².